The Labute approximate surface area is 123 Å². The van der Waals surface area contributed by atoms with E-state index in [-0.39, 0.29) is 11.9 Å². The molecular formula is C15H20N4O2. The minimum atomic E-state index is 0.0750. The summed E-state index contributed by atoms with van der Waals surface area (Å²) in [5.41, 5.74) is 0. The van der Waals surface area contributed by atoms with Crippen LogP contribution in [0.25, 0.3) is 0 Å². The Morgan fingerprint density at radius 3 is 3.19 bits per heavy atom. The molecule has 0 spiro atoms. The average molecular weight is 288 g/mol. The first-order chi connectivity index (χ1) is 10.3. The van der Waals surface area contributed by atoms with Gasteiger partial charge in [0.15, 0.2) is 0 Å². The monoisotopic (exact) mass is 288 g/mol. The number of hydrogen-bond acceptors (Lipinski definition) is 4. The first-order valence-corrected chi connectivity index (χ1v) is 7.49. The van der Waals surface area contributed by atoms with Crippen LogP contribution in [0, 0.1) is 0 Å². The normalized spacial score (nSPS) is 17.5. The number of furan rings is 1. The highest BCUT2D eigenvalue weighted by molar-refractivity contribution is 5.76. The van der Waals surface area contributed by atoms with Crippen molar-refractivity contribution in [3.63, 3.8) is 0 Å². The van der Waals surface area contributed by atoms with Gasteiger partial charge in [-0.3, -0.25) is 4.79 Å². The molecule has 0 fully saturated rings. The summed E-state index contributed by atoms with van der Waals surface area (Å²) in [7, 11) is 0. The quantitative estimate of drug-likeness (QED) is 0.905. The van der Waals surface area contributed by atoms with Crippen LogP contribution < -0.4 is 5.32 Å². The van der Waals surface area contributed by atoms with Crippen LogP contribution >= 0.6 is 0 Å². The van der Waals surface area contributed by atoms with Gasteiger partial charge in [0.2, 0.25) is 5.91 Å². The molecule has 6 nitrogen and oxygen atoms in total. The lowest BCUT2D eigenvalue weighted by molar-refractivity contribution is -0.122. The van der Waals surface area contributed by atoms with E-state index in [1.54, 1.807) is 6.26 Å². The number of carbonyl (C=O) groups excluding carboxylic acids is 1. The van der Waals surface area contributed by atoms with E-state index in [0.29, 0.717) is 12.8 Å². The van der Waals surface area contributed by atoms with Crippen molar-refractivity contribution in [3.8, 4) is 0 Å². The number of carbonyl (C=O) groups is 1. The Bertz CT molecular complexity index is 590. The van der Waals surface area contributed by atoms with E-state index in [2.05, 4.69) is 27.0 Å². The van der Waals surface area contributed by atoms with Gasteiger partial charge < -0.3 is 14.3 Å². The first-order valence-electron chi connectivity index (χ1n) is 7.49. The molecule has 0 saturated carbocycles. The highest BCUT2D eigenvalue weighted by atomic mass is 16.3. The topological polar surface area (TPSA) is 73.0 Å². The van der Waals surface area contributed by atoms with Crippen molar-refractivity contribution < 1.29 is 9.21 Å². The molecule has 2 aromatic heterocycles. The summed E-state index contributed by atoms with van der Waals surface area (Å²) in [4.78, 5) is 12.0. The Morgan fingerprint density at radius 1 is 1.52 bits per heavy atom. The third kappa shape index (κ3) is 3.15. The van der Waals surface area contributed by atoms with Gasteiger partial charge in [0.25, 0.3) is 0 Å². The molecule has 21 heavy (non-hydrogen) atoms. The molecule has 0 unspecified atom stereocenters. The molecule has 3 heterocycles. The third-order valence-corrected chi connectivity index (χ3v) is 3.88. The Kier molecular flexibility index (Phi) is 4.03. The van der Waals surface area contributed by atoms with E-state index in [4.69, 9.17) is 4.42 Å². The molecule has 2 aromatic rings. The molecule has 1 aliphatic heterocycles. The highest BCUT2D eigenvalue weighted by Gasteiger charge is 2.23. The molecule has 0 aromatic carbocycles. The van der Waals surface area contributed by atoms with Crippen LogP contribution in [0.3, 0.4) is 0 Å². The van der Waals surface area contributed by atoms with Crippen LogP contribution in [0.5, 0.6) is 0 Å². The fourth-order valence-corrected chi connectivity index (χ4v) is 2.75. The minimum Gasteiger partial charge on any atom is -0.469 e. The van der Waals surface area contributed by atoms with Gasteiger partial charge in [0, 0.05) is 38.3 Å². The molecule has 1 amide bonds. The number of aromatic nitrogens is 3. The molecule has 6 heteroatoms. The Balaban J connectivity index is 1.53. The predicted molar refractivity (Wildman–Crippen MR) is 76.7 cm³/mol. The van der Waals surface area contributed by atoms with Gasteiger partial charge in [-0.25, -0.2) is 0 Å². The van der Waals surface area contributed by atoms with Crippen molar-refractivity contribution in [1.29, 1.82) is 0 Å². The van der Waals surface area contributed by atoms with Crippen molar-refractivity contribution in [2.75, 3.05) is 0 Å². The molecule has 1 atom stereocenters. The lowest BCUT2D eigenvalue weighted by Gasteiger charge is -2.25. The maximum absolute atomic E-state index is 12.0. The molecule has 0 saturated heterocycles. The van der Waals surface area contributed by atoms with Crippen LogP contribution in [0.2, 0.25) is 0 Å². The summed E-state index contributed by atoms with van der Waals surface area (Å²) < 4.78 is 7.38. The number of fused-ring (bicyclic) bond motifs is 1. The zero-order valence-electron chi connectivity index (χ0n) is 12.2. The summed E-state index contributed by atoms with van der Waals surface area (Å²) in [5.74, 6) is 2.96. The maximum Gasteiger partial charge on any atom is 0.220 e. The number of hydrogen-bond donors (Lipinski definition) is 1. The fourth-order valence-electron chi connectivity index (χ4n) is 2.75. The Hall–Kier alpha value is -2.11. The summed E-state index contributed by atoms with van der Waals surface area (Å²) in [6, 6.07) is 3.90. The molecule has 112 valence electrons. The smallest absolute Gasteiger partial charge is 0.220 e. The number of amides is 1. The number of aryl methyl sites for hydroxylation is 3. The largest absolute Gasteiger partial charge is 0.469 e. The predicted octanol–water partition coefficient (Wildman–Crippen LogP) is 1.50. The molecule has 0 radical (unpaired) electrons. The van der Waals surface area contributed by atoms with Crippen molar-refractivity contribution >= 4 is 5.91 Å². The zero-order chi connectivity index (χ0) is 14.7. The van der Waals surface area contributed by atoms with E-state index in [0.717, 1.165) is 43.2 Å². The van der Waals surface area contributed by atoms with Crippen LogP contribution in [0.1, 0.15) is 37.2 Å². The summed E-state index contributed by atoms with van der Waals surface area (Å²) >= 11 is 0. The second kappa shape index (κ2) is 6.11. The fraction of sp³-hybridized carbons (Fsp3) is 0.533. The van der Waals surface area contributed by atoms with Crippen molar-refractivity contribution in [3.05, 3.63) is 35.8 Å². The van der Waals surface area contributed by atoms with Gasteiger partial charge in [-0.2, -0.15) is 0 Å². The van der Waals surface area contributed by atoms with Crippen LogP contribution in [-0.4, -0.2) is 26.7 Å². The standard InChI is InChI=1S/C15H20N4O2/c1-2-13-17-18-14-7-5-11(10-19(13)14)16-15(20)8-6-12-4-3-9-21-12/h3-4,9,11H,2,5-8,10H2,1H3,(H,16,20)/t11-/m0/s1. The SMILES string of the molecule is CCc1nnc2n1C[C@@H](NC(=O)CCc1ccco1)CC2. The van der Waals surface area contributed by atoms with E-state index in [1.807, 2.05) is 12.1 Å². The first kappa shape index (κ1) is 13.9. The number of nitrogens with one attached hydrogen (secondary N) is 1. The number of rotatable bonds is 5. The molecule has 1 aliphatic rings. The maximum atomic E-state index is 12.0. The van der Waals surface area contributed by atoms with Crippen LogP contribution in [0.15, 0.2) is 22.8 Å². The van der Waals surface area contributed by atoms with Gasteiger partial charge in [-0.05, 0) is 18.6 Å². The summed E-state index contributed by atoms with van der Waals surface area (Å²) in [5, 5.41) is 11.5. The second-order valence-corrected chi connectivity index (χ2v) is 5.38. The van der Waals surface area contributed by atoms with E-state index < -0.39 is 0 Å². The number of nitrogens with zero attached hydrogens (tertiary/aromatic N) is 3. The van der Waals surface area contributed by atoms with Crippen LogP contribution in [0.4, 0.5) is 0 Å². The van der Waals surface area contributed by atoms with Gasteiger partial charge in [-0.15, -0.1) is 10.2 Å². The van der Waals surface area contributed by atoms with Crippen LogP contribution in [-0.2, 0) is 30.6 Å². The van der Waals surface area contributed by atoms with Crippen molar-refractivity contribution in [2.45, 2.75) is 51.6 Å². The molecular weight excluding hydrogens is 268 g/mol. The van der Waals surface area contributed by atoms with E-state index in [1.165, 1.54) is 0 Å². The molecule has 0 aliphatic carbocycles. The van der Waals surface area contributed by atoms with Crippen molar-refractivity contribution in [2.24, 2.45) is 0 Å². The lowest BCUT2D eigenvalue weighted by Crippen LogP contribution is -2.41. The Morgan fingerprint density at radius 2 is 2.43 bits per heavy atom. The minimum absolute atomic E-state index is 0.0750. The highest BCUT2D eigenvalue weighted by Crippen LogP contribution is 2.15. The van der Waals surface area contributed by atoms with Gasteiger partial charge >= 0.3 is 0 Å². The third-order valence-electron chi connectivity index (χ3n) is 3.88. The van der Waals surface area contributed by atoms with E-state index in [9.17, 15) is 4.79 Å². The lowest BCUT2D eigenvalue weighted by atomic mass is 10.1. The summed E-state index contributed by atoms with van der Waals surface area (Å²) in [6.45, 7) is 2.85. The molecule has 0 bridgehead atoms. The average Bonchev–Trinajstić information content (AvgIpc) is 3.14. The van der Waals surface area contributed by atoms with E-state index >= 15 is 0 Å². The summed E-state index contributed by atoms with van der Waals surface area (Å²) in [6.07, 6.45) is 5.40. The molecule has 1 N–H and O–H groups in total. The van der Waals surface area contributed by atoms with Gasteiger partial charge in [-0.1, -0.05) is 6.92 Å². The van der Waals surface area contributed by atoms with Gasteiger partial charge in [0.1, 0.15) is 17.4 Å². The molecule has 3 rings (SSSR count). The zero-order valence-corrected chi connectivity index (χ0v) is 12.2. The second-order valence-electron chi connectivity index (χ2n) is 5.38. The van der Waals surface area contributed by atoms with Crippen molar-refractivity contribution in [1.82, 2.24) is 20.1 Å². The van der Waals surface area contributed by atoms with Gasteiger partial charge in [0.05, 0.1) is 6.26 Å².